The molecule has 2 heterocycles. The number of carbonyl (C=O) groups excluding carboxylic acids is 1. The lowest BCUT2D eigenvalue weighted by Gasteiger charge is -2.09. The number of rotatable bonds is 5. The molecule has 0 spiro atoms. The number of aromatic nitrogens is 2. The van der Waals surface area contributed by atoms with Gasteiger partial charge >= 0.3 is 0 Å². The number of hydrogen-bond acceptors (Lipinski definition) is 6. The molecule has 0 saturated carbocycles. The third-order valence-corrected chi connectivity index (χ3v) is 2.42. The molecular formula is C9H15N5O2. The molecule has 1 aromatic rings. The third kappa shape index (κ3) is 2.69. The Balaban J connectivity index is 1.84. The average Bonchev–Trinajstić information content (AvgIpc) is 2.85. The lowest BCUT2D eigenvalue weighted by molar-refractivity contribution is -0.117. The maximum absolute atomic E-state index is 10.5. The number of primary amides is 1. The molecule has 0 atom stereocenters. The minimum Gasteiger partial charge on any atom is -0.369 e. The average molecular weight is 225 g/mol. The van der Waals surface area contributed by atoms with E-state index in [1.165, 1.54) is 12.8 Å². The van der Waals surface area contributed by atoms with Gasteiger partial charge in [0, 0.05) is 13.1 Å². The molecule has 7 heteroatoms. The molecule has 1 aromatic heterocycles. The van der Waals surface area contributed by atoms with Gasteiger partial charge in [-0.3, -0.25) is 10.1 Å². The fourth-order valence-electron chi connectivity index (χ4n) is 1.66. The highest BCUT2D eigenvalue weighted by Crippen LogP contribution is 2.15. The van der Waals surface area contributed by atoms with E-state index in [0.29, 0.717) is 18.4 Å². The van der Waals surface area contributed by atoms with Crippen LogP contribution in [0, 0.1) is 0 Å². The number of hydrogen-bond donors (Lipinski definition) is 2. The topological polar surface area (TPSA) is 97.3 Å². The molecular weight excluding hydrogens is 210 g/mol. The van der Waals surface area contributed by atoms with Crippen LogP contribution >= 0.6 is 0 Å². The Morgan fingerprint density at radius 3 is 2.94 bits per heavy atom. The van der Waals surface area contributed by atoms with Gasteiger partial charge in [-0.2, -0.15) is 4.98 Å². The van der Waals surface area contributed by atoms with Gasteiger partial charge in [0.1, 0.15) is 0 Å². The monoisotopic (exact) mass is 225 g/mol. The van der Waals surface area contributed by atoms with Crippen molar-refractivity contribution in [3.63, 3.8) is 0 Å². The van der Waals surface area contributed by atoms with Crippen LogP contribution in [0.3, 0.4) is 0 Å². The minimum absolute atomic E-state index is 0.113. The predicted octanol–water partition coefficient (Wildman–Crippen LogP) is -0.755. The van der Waals surface area contributed by atoms with E-state index in [1.54, 1.807) is 0 Å². The fraction of sp³-hybridized carbons (Fsp3) is 0.667. The fourth-order valence-corrected chi connectivity index (χ4v) is 1.66. The lowest BCUT2D eigenvalue weighted by Crippen LogP contribution is -2.28. The Morgan fingerprint density at radius 1 is 1.50 bits per heavy atom. The van der Waals surface area contributed by atoms with Crippen LogP contribution in [0.1, 0.15) is 18.7 Å². The second-order valence-electron chi connectivity index (χ2n) is 3.75. The Kier molecular flexibility index (Phi) is 3.35. The maximum Gasteiger partial charge on any atom is 0.266 e. The molecule has 1 aliphatic heterocycles. The van der Waals surface area contributed by atoms with Gasteiger partial charge in [-0.1, -0.05) is 0 Å². The van der Waals surface area contributed by atoms with Crippen molar-refractivity contribution in [3.05, 3.63) is 5.89 Å². The SMILES string of the molecule is NC(=O)CNCc1nc(N2CCCC2)no1. The van der Waals surface area contributed by atoms with E-state index < -0.39 is 5.91 Å². The van der Waals surface area contributed by atoms with Crippen LogP contribution in [-0.2, 0) is 11.3 Å². The first-order valence-corrected chi connectivity index (χ1v) is 5.32. The molecule has 88 valence electrons. The van der Waals surface area contributed by atoms with Crippen molar-refractivity contribution in [1.29, 1.82) is 0 Å². The van der Waals surface area contributed by atoms with Crippen LogP contribution in [0.4, 0.5) is 5.95 Å². The number of amides is 1. The summed E-state index contributed by atoms with van der Waals surface area (Å²) in [4.78, 5) is 16.8. The van der Waals surface area contributed by atoms with Gasteiger partial charge < -0.3 is 15.2 Å². The first kappa shape index (κ1) is 10.9. The smallest absolute Gasteiger partial charge is 0.266 e. The number of anilines is 1. The maximum atomic E-state index is 10.5. The van der Waals surface area contributed by atoms with E-state index in [-0.39, 0.29) is 6.54 Å². The van der Waals surface area contributed by atoms with Crippen molar-refractivity contribution < 1.29 is 9.32 Å². The summed E-state index contributed by atoms with van der Waals surface area (Å²) in [5.74, 6) is 0.704. The van der Waals surface area contributed by atoms with Gasteiger partial charge in [0.25, 0.3) is 5.95 Å². The molecule has 0 radical (unpaired) electrons. The molecule has 1 aliphatic rings. The second kappa shape index (κ2) is 4.93. The van der Waals surface area contributed by atoms with E-state index in [0.717, 1.165) is 13.1 Å². The molecule has 2 rings (SSSR count). The number of nitrogens with zero attached hydrogens (tertiary/aromatic N) is 3. The Morgan fingerprint density at radius 2 is 2.25 bits per heavy atom. The summed E-state index contributed by atoms with van der Waals surface area (Å²) < 4.78 is 5.04. The largest absolute Gasteiger partial charge is 0.369 e. The van der Waals surface area contributed by atoms with Crippen molar-refractivity contribution >= 4 is 11.9 Å². The van der Waals surface area contributed by atoms with Crippen LogP contribution in [0.2, 0.25) is 0 Å². The second-order valence-corrected chi connectivity index (χ2v) is 3.75. The predicted molar refractivity (Wildman–Crippen MR) is 56.6 cm³/mol. The summed E-state index contributed by atoms with van der Waals surface area (Å²) in [6.07, 6.45) is 2.34. The van der Waals surface area contributed by atoms with Crippen molar-refractivity contribution in [2.24, 2.45) is 5.73 Å². The quantitative estimate of drug-likeness (QED) is 0.684. The minimum atomic E-state index is -0.403. The molecule has 7 nitrogen and oxygen atoms in total. The molecule has 1 fully saturated rings. The highest BCUT2D eigenvalue weighted by atomic mass is 16.5. The van der Waals surface area contributed by atoms with Gasteiger partial charge in [0.05, 0.1) is 13.1 Å². The van der Waals surface area contributed by atoms with E-state index in [4.69, 9.17) is 10.3 Å². The highest BCUT2D eigenvalue weighted by Gasteiger charge is 2.17. The summed E-state index contributed by atoms with van der Waals surface area (Å²) in [6.45, 7) is 2.44. The van der Waals surface area contributed by atoms with Crippen LogP contribution in [0.5, 0.6) is 0 Å². The van der Waals surface area contributed by atoms with Gasteiger partial charge in [-0.25, -0.2) is 0 Å². The number of nitrogens with two attached hydrogens (primary N) is 1. The summed E-state index contributed by atoms with van der Waals surface area (Å²) in [7, 11) is 0. The van der Waals surface area contributed by atoms with Gasteiger partial charge in [0.15, 0.2) is 0 Å². The lowest BCUT2D eigenvalue weighted by atomic mass is 10.4. The van der Waals surface area contributed by atoms with Gasteiger partial charge in [0.2, 0.25) is 11.8 Å². The molecule has 0 bridgehead atoms. The number of nitrogens with one attached hydrogen (secondary N) is 1. The Bertz CT molecular complexity index is 359. The normalized spacial score (nSPS) is 15.6. The highest BCUT2D eigenvalue weighted by molar-refractivity contribution is 5.75. The standard InChI is InChI=1S/C9H15N5O2/c10-7(15)5-11-6-8-12-9(13-16-8)14-3-1-2-4-14/h11H,1-6H2,(H2,10,15). The van der Waals surface area contributed by atoms with Crippen LogP contribution in [-0.4, -0.2) is 35.7 Å². The summed E-state index contributed by atoms with van der Waals surface area (Å²) in [5, 5.41) is 6.70. The molecule has 1 amide bonds. The first-order chi connectivity index (χ1) is 7.75. The zero-order valence-electron chi connectivity index (χ0n) is 8.98. The van der Waals surface area contributed by atoms with Crippen LogP contribution < -0.4 is 16.0 Å². The molecule has 0 aromatic carbocycles. The molecule has 0 aliphatic carbocycles. The van der Waals surface area contributed by atoms with Crippen molar-refractivity contribution in [1.82, 2.24) is 15.5 Å². The first-order valence-electron chi connectivity index (χ1n) is 5.32. The van der Waals surface area contributed by atoms with E-state index in [2.05, 4.69) is 20.4 Å². The van der Waals surface area contributed by atoms with Crippen LogP contribution in [0.25, 0.3) is 0 Å². The molecule has 16 heavy (non-hydrogen) atoms. The summed E-state index contributed by atoms with van der Waals surface area (Å²) in [5.41, 5.74) is 4.99. The number of carbonyl (C=O) groups is 1. The zero-order valence-corrected chi connectivity index (χ0v) is 8.98. The van der Waals surface area contributed by atoms with E-state index >= 15 is 0 Å². The molecule has 0 unspecified atom stereocenters. The molecule has 3 N–H and O–H groups in total. The zero-order chi connectivity index (χ0) is 11.4. The van der Waals surface area contributed by atoms with Gasteiger partial charge in [-0.05, 0) is 18.0 Å². The van der Waals surface area contributed by atoms with Crippen molar-refractivity contribution in [3.8, 4) is 0 Å². The molecule has 1 saturated heterocycles. The Labute approximate surface area is 93.0 Å². The Hall–Kier alpha value is -1.63. The van der Waals surface area contributed by atoms with Crippen molar-refractivity contribution in [2.75, 3.05) is 24.5 Å². The summed E-state index contributed by atoms with van der Waals surface area (Å²) >= 11 is 0. The van der Waals surface area contributed by atoms with Crippen molar-refractivity contribution in [2.45, 2.75) is 19.4 Å². The summed E-state index contributed by atoms with van der Waals surface area (Å²) in [6, 6.07) is 0. The van der Waals surface area contributed by atoms with E-state index in [1.807, 2.05) is 0 Å². The van der Waals surface area contributed by atoms with E-state index in [9.17, 15) is 4.79 Å². The third-order valence-electron chi connectivity index (χ3n) is 2.42. The van der Waals surface area contributed by atoms with Gasteiger partial charge in [-0.15, -0.1) is 0 Å². The van der Waals surface area contributed by atoms with Crippen LogP contribution in [0.15, 0.2) is 4.52 Å².